The van der Waals surface area contributed by atoms with Crippen LogP contribution >= 0.6 is 15.9 Å². The van der Waals surface area contributed by atoms with E-state index in [1.807, 2.05) is 0 Å². The zero-order valence-corrected chi connectivity index (χ0v) is 11.4. The maximum Gasteiger partial charge on any atom is 0.306 e. The Kier molecular flexibility index (Phi) is 3.66. The molecule has 0 radical (unpaired) electrons. The second kappa shape index (κ2) is 5.08. The number of hydrogen-bond acceptors (Lipinski definition) is 3. The summed E-state index contributed by atoms with van der Waals surface area (Å²) in [6.45, 7) is 4.02. The Hall–Kier alpha value is -1.76. The SMILES string of the molecule is C=CC1CC(=O)N(c2cc([N+](=O)[O-])c(F)cc2Br)C1. The third-order valence-corrected chi connectivity index (χ3v) is 3.63. The van der Waals surface area contributed by atoms with Gasteiger partial charge in [0.25, 0.3) is 0 Å². The van der Waals surface area contributed by atoms with E-state index in [4.69, 9.17) is 0 Å². The van der Waals surface area contributed by atoms with Crippen LogP contribution in [0.1, 0.15) is 6.42 Å². The van der Waals surface area contributed by atoms with Crippen LogP contribution in [0.15, 0.2) is 29.3 Å². The molecule has 1 aromatic carbocycles. The van der Waals surface area contributed by atoms with E-state index in [0.717, 1.165) is 12.1 Å². The highest BCUT2D eigenvalue weighted by molar-refractivity contribution is 9.10. The number of anilines is 1. The van der Waals surface area contributed by atoms with Crippen LogP contribution in [0.2, 0.25) is 0 Å². The number of nitro benzene ring substituents is 1. The van der Waals surface area contributed by atoms with E-state index >= 15 is 0 Å². The molecule has 1 atom stereocenters. The molecule has 1 unspecified atom stereocenters. The minimum Gasteiger partial charge on any atom is -0.310 e. The minimum absolute atomic E-state index is 0.00325. The van der Waals surface area contributed by atoms with Crippen molar-refractivity contribution in [3.05, 3.63) is 45.2 Å². The molecule has 1 aliphatic heterocycles. The zero-order chi connectivity index (χ0) is 14.2. The number of hydrogen-bond donors (Lipinski definition) is 0. The van der Waals surface area contributed by atoms with Crippen molar-refractivity contribution in [3.63, 3.8) is 0 Å². The lowest BCUT2D eigenvalue weighted by Gasteiger charge is -2.17. The summed E-state index contributed by atoms with van der Waals surface area (Å²) in [7, 11) is 0. The topological polar surface area (TPSA) is 63.5 Å². The molecule has 0 bridgehead atoms. The Labute approximate surface area is 117 Å². The molecule has 7 heteroatoms. The standard InChI is InChI=1S/C12H10BrFN2O3/c1-2-7-3-12(17)15(6-7)10-5-11(16(18)19)9(14)4-8(10)13/h2,4-5,7H,1,3,6H2. The number of benzene rings is 1. The number of nitrogens with zero attached hydrogens (tertiary/aromatic N) is 2. The Bertz CT molecular complexity index is 576. The van der Waals surface area contributed by atoms with Crippen LogP contribution in [-0.2, 0) is 4.79 Å². The van der Waals surface area contributed by atoms with Gasteiger partial charge < -0.3 is 4.90 Å². The fraction of sp³-hybridized carbons (Fsp3) is 0.250. The summed E-state index contributed by atoms with van der Waals surface area (Å²) in [5.74, 6) is -1.09. The third kappa shape index (κ3) is 2.51. The predicted octanol–water partition coefficient (Wildman–Crippen LogP) is 3.04. The highest BCUT2D eigenvalue weighted by atomic mass is 79.9. The molecular weight excluding hydrogens is 319 g/mol. The molecule has 0 aromatic heterocycles. The molecule has 5 nitrogen and oxygen atoms in total. The Morgan fingerprint density at radius 2 is 2.26 bits per heavy atom. The van der Waals surface area contributed by atoms with E-state index in [1.165, 1.54) is 4.90 Å². The summed E-state index contributed by atoms with van der Waals surface area (Å²) in [5.41, 5.74) is -0.337. The van der Waals surface area contributed by atoms with E-state index < -0.39 is 16.4 Å². The van der Waals surface area contributed by atoms with Crippen molar-refractivity contribution in [3.8, 4) is 0 Å². The van der Waals surface area contributed by atoms with Crippen LogP contribution in [0.4, 0.5) is 15.8 Å². The highest BCUT2D eigenvalue weighted by Gasteiger charge is 2.31. The quantitative estimate of drug-likeness (QED) is 0.486. The van der Waals surface area contributed by atoms with Crippen molar-refractivity contribution >= 4 is 33.2 Å². The average Bonchev–Trinajstić information content (AvgIpc) is 2.70. The van der Waals surface area contributed by atoms with Gasteiger partial charge in [-0.2, -0.15) is 4.39 Å². The minimum atomic E-state index is -0.937. The summed E-state index contributed by atoms with van der Waals surface area (Å²) >= 11 is 3.13. The van der Waals surface area contributed by atoms with Crippen LogP contribution in [0.25, 0.3) is 0 Å². The maximum absolute atomic E-state index is 13.4. The van der Waals surface area contributed by atoms with Crippen LogP contribution in [-0.4, -0.2) is 17.4 Å². The summed E-state index contributed by atoms with van der Waals surface area (Å²) in [6.07, 6.45) is 1.98. The first-order chi connectivity index (χ1) is 8.93. The molecule has 1 fully saturated rings. The lowest BCUT2D eigenvalue weighted by atomic mass is 10.1. The van der Waals surface area contributed by atoms with Gasteiger partial charge in [0.2, 0.25) is 11.7 Å². The molecule has 0 N–H and O–H groups in total. The number of carbonyl (C=O) groups is 1. The number of halogens is 2. The van der Waals surface area contributed by atoms with Gasteiger partial charge in [-0.15, -0.1) is 6.58 Å². The normalized spacial score (nSPS) is 18.7. The molecule has 0 spiro atoms. The average molecular weight is 329 g/mol. The summed E-state index contributed by atoms with van der Waals surface area (Å²) in [4.78, 5) is 23.2. The van der Waals surface area contributed by atoms with Gasteiger partial charge >= 0.3 is 5.69 Å². The fourth-order valence-electron chi connectivity index (χ4n) is 2.00. The second-order valence-electron chi connectivity index (χ2n) is 4.22. The van der Waals surface area contributed by atoms with Crippen LogP contribution in [0.5, 0.6) is 0 Å². The molecule has 1 aromatic rings. The molecule has 19 heavy (non-hydrogen) atoms. The first-order valence-electron chi connectivity index (χ1n) is 5.50. The van der Waals surface area contributed by atoms with E-state index in [2.05, 4.69) is 22.5 Å². The monoisotopic (exact) mass is 328 g/mol. The van der Waals surface area contributed by atoms with Gasteiger partial charge in [-0.3, -0.25) is 14.9 Å². The van der Waals surface area contributed by atoms with Gasteiger partial charge in [-0.25, -0.2) is 0 Å². The third-order valence-electron chi connectivity index (χ3n) is 2.99. The van der Waals surface area contributed by atoms with E-state index in [1.54, 1.807) is 6.08 Å². The van der Waals surface area contributed by atoms with Crippen molar-refractivity contribution in [2.24, 2.45) is 5.92 Å². The number of carbonyl (C=O) groups excluding carboxylic acids is 1. The van der Waals surface area contributed by atoms with Crippen molar-refractivity contribution in [1.29, 1.82) is 0 Å². The van der Waals surface area contributed by atoms with Gasteiger partial charge in [-0.05, 0) is 22.0 Å². The van der Waals surface area contributed by atoms with E-state index in [9.17, 15) is 19.3 Å². The summed E-state index contributed by atoms with van der Waals surface area (Å²) in [5, 5.41) is 10.7. The fourth-order valence-corrected chi connectivity index (χ4v) is 2.53. The molecule has 0 aliphatic carbocycles. The van der Waals surface area contributed by atoms with Crippen molar-refractivity contribution in [2.75, 3.05) is 11.4 Å². The molecule has 100 valence electrons. The lowest BCUT2D eigenvalue weighted by Crippen LogP contribution is -2.25. The number of rotatable bonds is 3. The van der Waals surface area contributed by atoms with Crippen molar-refractivity contribution in [1.82, 2.24) is 0 Å². The van der Waals surface area contributed by atoms with Gasteiger partial charge in [-0.1, -0.05) is 6.08 Å². The molecule has 1 heterocycles. The van der Waals surface area contributed by atoms with Gasteiger partial charge in [0.1, 0.15) is 0 Å². The van der Waals surface area contributed by atoms with E-state index in [0.29, 0.717) is 23.1 Å². The summed E-state index contributed by atoms with van der Waals surface area (Å²) < 4.78 is 13.7. The lowest BCUT2D eigenvalue weighted by molar-refractivity contribution is -0.387. The highest BCUT2D eigenvalue weighted by Crippen LogP contribution is 2.36. The van der Waals surface area contributed by atoms with Crippen LogP contribution in [0.3, 0.4) is 0 Å². The smallest absolute Gasteiger partial charge is 0.306 e. The first-order valence-corrected chi connectivity index (χ1v) is 6.29. The Balaban J connectivity index is 2.45. The maximum atomic E-state index is 13.4. The van der Waals surface area contributed by atoms with Gasteiger partial charge in [0.15, 0.2) is 0 Å². The second-order valence-corrected chi connectivity index (χ2v) is 5.07. The molecule has 1 aliphatic rings. The molecule has 1 amide bonds. The first kappa shape index (κ1) is 13.7. The largest absolute Gasteiger partial charge is 0.310 e. The predicted molar refractivity (Wildman–Crippen MR) is 71.4 cm³/mol. The number of amides is 1. The number of nitro groups is 1. The Morgan fingerprint density at radius 3 is 2.79 bits per heavy atom. The molecule has 2 rings (SSSR count). The van der Waals surface area contributed by atoms with Crippen LogP contribution < -0.4 is 4.90 Å². The zero-order valence-electron chi connectivity index (χ0n) is 9.81. The van der Waals surface area contributed by atoms with Crippen LogP contribution in [0, 0.1) is 21.8 Å². The van der Waals surface area contributed by atoms with Gasteiger partial charge in [0.05, 0.1) is 10.6 Å². The molecule has 1 saturated heterocycles. The molecule has 0 saturated carbocycles. The summed E-state index contributed by atoms with van der Waals surface area (Å²) in [6, 6.07) is 2.07. The molecular formula is C12H10BrFN2O3. The Morgan fingerprint density at radius 1 is 1.58 bits per heavy atom. The van der Waals surface area contributed by atoms with E-state index in [-0.39, 0.29) is 11.8 Å². The van der Waals surface area contributed by atoms with Crippen molar-refractivity contribution in [2.45, 2.75) is 6.42 Å². The van der Waals surface area contributed by atoms with Crippen molar-refractivity contribution < 1.29 is 14.1 Å². The van der Waals surface area contributed by atoms with Gasteiger partial charge in [0, 0.05) is 29.4 Å².